The molecule has 0 heterocycles. The average Bonchev–Trinajstić information content (AvgIpc) is 2.21. The molecule has 1 atom stereocenters. The van der Waals surface area contributed by atoms with Crippen LogP contribution in [0, 0.1) is 5.92 Å². The van der Waals surface area contributed by atoms with Crippen LogP contribution in [0.2, 0.25) is 0 Å². The second-order valence-corrected chi connectivity index (χ2v) is 5.33. The Labute approximate surface area is 102 Å². The Morgan fingerprint density at radius 1 is 1.31 bits per heavy atom. The van der Waals surface area contributed by atoms with Gasteiger partial charge in [-0.25, -0.2) is 0 Å². The van der Waals surface area contributed by atoms with Crippen molar-refractivity contribution in [2.24, 2.45) is 5.92 Å². The molecular weight excluding hydrogens is 196 g/mol. The number of nitrogens with zero attached hydrogens (tertiary/aromatic N) is 1. The summed E-state index contributed by atoms with van der Waals surface area (Å²) in [5, 5.41) is 3.62. The zero-order valence-electron chi connectivity index (χ0n) is 11.5. The zero-order chi connectivity index (χ0) is 11.8. The summed E-state index contributed by atoms with van der Waals surface area (Å²) < 4.78 is 0. The van der Waals surface area contributed by atoms with E-state index in [-0.39, 0.29) is 0 Å². The van der Waals surface area contributed by atoms with Crippen LogP contribution in [0.4, 0.5) is 0 Å². The van der Waals surface area contributed by atoms with E-state index in [1.54, 1.807) is 0 Å². The van der Waals surface area contributed by atoms with Crippen LogP contribution in [-0.4, -0.2) is 37.1 Å². The highest BCUT2D eigenvalue weighted by Crippen LogP contribution is 2.26. The smallest absolute Gasteiger partial charge is 0.0107 e. The van der Waals surface area contributed by atoms with Crippen molar-refractivity contribution in [3.63, 3.8) is 0 Å². The number of hydrogen-bond donors (Lipinski definition) is 1. The zero-order valence-corrected chi connectivity index (χ0v) is 11.5. The Balaban J connectivity index is 2.03. The van der Waals surface area contributed by atoms with Crippen molar-refractivity contribution >= 4 is 0 Å². The van der Waals surface area contributed by atoms with Crippen LogP contribution < -0.4 is 5.32 Å². The van der Waals surface area contributed by atoms with Crippen LogP contribution in [0.15, 0.2) is 0 Å². The highest BCUT2D eigenvalue weighted by Gasteiger charge is 2.19. The van der Waals surface area contributed by atoms with E-state index in [0.29, 0.717) is 6.04 Å². The van der Waals surface area contributed by atoms with Gasteiger partial charge in [0, 0.05) is 25.7 Å². The van der Waals surface area contributed by atoms with Crippen LogP contribution in [0.1, 0.15) is 52.9 Å². The van der Waals surface area contributed by atoms with Gasteiger partial charge in [0.2, 0.25) is 0 Å². The lowest BCUT2D eigenvalue weighted by Crippen LogP contribution is -2.39. The molecule has 16 heavy (non-hydrogen) atoms. The van der Waals surface area contributed by atoms with Gasteiger partial charge in [-0.1, -0.05) is 26.7 Å². The first-order chi connectivity index (χ1) is 7.76. The molecule has 0 aromatic rings. The summed E-state index contributed by atoms with van der Waals surface area (Å²) >= 11 is 0. The van der Waals surface area contributed by atoms with E-state index in [1.807, 2.05) is 0 Å². The Morgan fingerprint density at radius 3 is 2.56 bits per heavy atom. The Bertz CT molecular complexity index is 166. The first-order valence-electron chi connectivity index (χ1n) is 7.22. The molecule has 1 unspecified atom stereocenters. The van der Waals surface area contributed by atoms with Gasteiger partial charge in [0.15, 0.2) is 0 Å². The van der Waals surface area contributed by atoms with Gasteiger partial charge in [0.25, 0.3) is 0 Å². The standard InChI is InChI=1S/C14H30N2/c1-4-7-13(3)15-10-11-16(5-2)12-14-8-6-9-14/h13-15H,4-12H2,1-3H3. The molecule has 0 aliphatic heterocycles. The van der Waals surface area contributed by atoms with E-state index in [1.165, 1.54) is 51.7 Å². The minimum absolute atomic E-state index is 0.687. The summed E-state index contributed by atoms with van der Waals surface area (Å²) in [4.78, 5) is 2.61. The van der Waals surface area contributed by atoms with Gasteiger partial charge in [-0.05, 0) is 38.6 Å². The Kier molecular flexibility index (Phi) is 7.06. The van der Waals surface area contributed by atoms with Crippen LogP contribution in [0.25, 0.3) is 0 Å². The normalized spacial score (nSPS) is 18.8. The van der Waals surface area contributed by atoms with Gasteiger partial charge in [-0.15, -0.1) is 0 Å². The number of hydrogen-bond acceptors (Lipinski definition) is 2. The fraction of sp³-hybridized carbons (Fsp3) is 1.00. The van der Waals surface area contributed by atoms with Gasteiger partial charge in [-0.2, -0.15) is 0 Å². The summed E-state index contributed by atoms with van der Waals surface area (Å²) in [6.45, 7) is 11.8. The lowest BCUT2D eigenvalue weighted by Gasteiger charge is -2.32. The molecule has 1 aliphatic carbocycles. The van der Waals surface area contributed by atoms with Crippen molar-refractivity contribution in [1.29, 1.82) is 0 Å². The predicted molar refractivity (Wildman–Crippen MR) is 71.8 cm³/mol. The van der Waals surface area contributed by atoms with Crippen molar-refractivity contribution in [2.45, 2.75) is 58.9 Å². The first-order valence-corrected chi connectivity index (χ1v) is 7.22. The van der Waals surface area contributed by atoms with Crippen LogP contribution in [0.5, 0.6) is 0 Å². The maximum Gasteiger partial charge on any atom is 0.0107 e. The summed E-state index contributed by atoms with van der Waals surface area (Å²) in [6.07, 6.45) is 6.99. The fourth-order valence-electron chi connectivity index (χ4n) is 2.42. The third kappa shape index (κ3) is 5.31. The van der Waals surface area contributed by atoms with Crippen LogP contribution in [0.3, 0.4) is 0 Å². The second kappa shape index (κ2) is 8.08. The molecule has 2 heteroatoms. The number of nitrogens with one attached hydrogen (secondary N) is 1. The summed E-state index contributed by atoms with van der Waals surface area (Å²) in [5.74, 6) is 1.01. The predicted octanol–water partition coefficient (Wildman–Crippen LogP) is 2.89. The molecule has 1 saturated carbocycles. The summed E-state index contributed by atoms with van der Waals surface area (Å²) in [7, 11) is 0. The van der Waals surface area contributed by atoms with E-state index in [4.69, 9.17) is 0 Å². The first kappa shape index (κ1) is 14.0. The molecule has 2 nitrogen and oxygen atoms in total. The third-order valence-corrected chi connectivity index (χ3v) is 3.83. The number of likely N-dealkylation sites (N-methyl/N-ethyl adjacent to an activating group) is 1. The fourth-order valence-corrected chi connectivity index (χ4v) is 2.42. The average molecular weight is 226 g/mol. The molecule has 96 valence electrons. The van der Waals surface area contributed by atoms with Crippen molar-refractivity contribution < 1.29 is 0 Å². The Morgan fingerprint density at radius 2 is 2.06 bits per heavy atom. The molecule has 1 N–H and O–H groups in total. The minimum atomic E-state index is 0.687. The highest BCUT2D eigenvalue weighted by atomic mass is 15.1. The maximum atomic E-state index is 3.62. The molecule has 0 saturated heterocycles. The van der Waals surface area contributed by atoms with Crippen molar-refractivity contribution in [2.75, 3.05) is 26.2 Å². The van der Waals surface area contributed by atoms with E-state index in [2.05, 4.69) is 31.0 Å². The second-order valence-electron chi connectivity index (χ2n) is 5.33. The molecule has 0 amide bonds. The minimum Gasteiger partial charge on any atom is -0.313 e. The number of rotatable bonds is 9. The van der Waals surface area contributed by atoms with E-state index in [0.717, 1.165) is 12.5 Å². The van der Waals surface area contributed by atoms with Gasteiger partial charge in [0.1, 0.15) is 0 Å². The molecule has 0 radical (unpaired) electrons. The highest BCUT2D eigenvalue weighted by molar-refractivity contribution is 4.74. The Hall–Kier alpha value is -0.0800. The lowest BCUT2D eigenvalue weighted by atomic mass is 9.85. The van der Waals surface area contributed by atoms with Crippen molar-refractivity contribution in [3.05, 3.63) is 0 Å². The van der Waals surface area contributed by atoms with Crippen LogP contribution >= 0.6 is 0 Å². The van der Waals surface area contributed by atoms with E-state index >= 15 is 0 Å². The largest absolute Gasteiger partial charge is 0.313 e. The molecule has 1 aliphatic rings. The lowest BCUT2D eigenvalue weighted by molar-refractivity contribution is 0.183. The molecule has 0 spiro atoms. The SMILES string of the molecule is CCCC(C)NCCN(CC)CC1CCC1. The van der Waals surface area contributed by atoms with Crippen LogP contribution in [-0.2, 0) is 0 Å². The van der Waals surface area contributed by atoms with Crippen molar-refractivity contribution in [1.82, 2.24) is 10.2 Å². The van der Waals surface area contributed by atoms with Gasteiger partial charge >= 0.3 is 0 Å². The molecule has 0 bridgehead atoms. The van der Waals surface area contributed by atoms with Gasteiger partial charge in [-0.3, -0.25) is 0 Å². The van der Waals surface area contributed by atoms with E-state index in [9.17, 15) is 0 Å². The summed E-state index contributed by atoms with van der Waals surface area (Å²) in [5.41, 5.74) is 0. The van der Waals surface area contributed by atoms with Gasteiger partial charge < -0.3 is 10.2 Å². The third-order valence-electron chi connectivity index (χ3n) is 3.83. The van der Waals surface area contributed by atoms with Gasteiger partial charge in [0.05, 0.1) is 0 Å². The molecule has 1 rings (SSSR count). The maximum absolute atomic E-state index is 3.62. The molecule has 0 aromatic heterocycles. The summed E-state index contributed by atoms with van der Waals surface area (Å²) in [6, 6.07) is 0.687. The topological polar surface area (TPSA) is 15.3 Å². The van der Waals surface area contributed by atoms with E-state index < -0.39 is 0 Å². The molecule has 1 fully saturated rings. The molecular formula is C14H30N2. The quantitative estimate of drug-likeness (QED) is 0.650. The van der Waals surface area contributed by atoms with Crippen molar-refractivity contribution in [3.8, 4) is 0 Å². The monoisotopic (exact) mass is 226 g/mol. The molecule has 0 aromatic carbocycles.